The Hall–Kier alpha value is -1.30. The van der Waals surface area contributed by atoms with Crippen LogP contribution in [0, 0.1) is 0 Å². The third-order valence-corrected chi connectivity index (χ3v) is 3.15. The predicted molar refractivity (Wildman–Crippen MR) is 93.7 cm³/mol. The Bertz CT molecular complexity index is 521. The number of hydrogen-bond acceptors (Lipinski definition) is 5. The van der Waals surface area contributed by atoms with Crippen LogP contribution in [0.5, 0.6) is 0 Å². The predicted octanol–water partition coefficient (Wildman–Crippen LogP) is 3.46. The summed E-state index contributed by atoms with van der Waals surface area (Å²) in [6.07, 6.45) is 2.79. The van der Waals surface area contributed by atoms with Gasteiger partial charge in [0, 0.05) is 16.7 Å². The van der Waals surface area contributed by atoms with Crippen molar-refractivity contribution in [3.8, 4) is 0 Å². The maximum absolute atomic E-state index is 11.9. The molecule has 1 aromatic rings. The van der Waals surface area contributed by atoms with Gasteiger partial charge in [-0.25, -0.2) is 4.79 Å². The third kappa shape index (κ3) is 5.77. The van der Waals surface area contributed by atoms with Crippen LogP contribution >= 0.6 is 36.7 Å². The number of esters is 1. The highest BCUT2D eigenvalue weighted by atomic mass is 32.1. The van der Waals surface area contributed by atoms with E-state index in [1.54, 1.807) is 6.08 Å². The second kappa shape index (κ2) is 9.58. The third-order valence-electron chi connectivity index (χ3n) is 2.46. The molecule has 0 saturated carbocycles. The van der Waals surface area contributed by atoms with Gasteiger partial charge in [-0.1, -0.05) is 73.1 Å². The average molecular weight is 322 g/mol. The minimum Gasteiger partial charge on any atom is -0.457 e. The first-order valence-electron chi connectivity index (χ1n) is 6.00. The molecule has 0 heterocycles. The Morgan fingerprint density at radius 1 is 1.15 bits per heavy atom. The van der Waals surface area contributed by atoms with Crippen LogP contribution in [0.15, 0.2) is 42.0 Å². The van der Waals surface area contributed by atoms with Gasteiger partial charge in [-0.3, -0.25) is 0 Å². The summed E-state index contributed by atoms with van der Waals surface area (Å²) in [6.45, 7) is 0.0943. The zero-order valence-corrected chi connectivity index (χ0v) is 13.2. The van der Waals surface area contributed by atoms with Crippen LogP contribution in [0.4, 0.5) is 0 Å². The van der Waals surface area contributed by atoms with E-state index in [4.69, 9.17) is 29.2 Å². The summed E-state index contributed by atoms with van der Waals surface area (Å²) in [5.41, 5.74) is 1.49. The van der Waals surface area contributed by atoms with Crippen LogP contribution in [0.1, 0.15) is 12.0 Å². The summed E-state index contributed by atoms with van der Waals surface area (Å²) >= 11 is 14.6. The van der Waals surface area contributed by atoms with Gasteiger partial charge in [0.2, 0.25) is 0 Å². The molecule has 0 bridgehead atoms. The van der Waals surface area contributed by atoms with E-state index in [1.807, 2.05) is 30.3 Å². The molecule has 104 valence electrons. The van der Waals surface area contributed by atoms with Crippen LogP contribution in [0.3, 0.4) is 0 Å². The lowest BCUT2D eigenvalue weighted by Crippen LogP contribution is -2.16. The molecule has 5 heteroatoms. The van der Waals surface area contributed by atoms with Gasteiger partial charge in [0.1, 0.15) is 6.61 Å². The normalized spacial score (nSPS) is 10.7. The summed E-state index contributed by atoms with van der Waals surface area (Å²) in [6, 6.07) is 9.81. The summed E-state index contributed by atoms with van der Waals surface area (Å²) in [7, 11) is 0. The molecule has 0 fully saturated rings. The molecular formula is C15H14O2S3. The molecule has 1 aromatic carbocycles. The van der Waals surface area contributed by atoms with E-state index in [1.165, 1.54) is 10.7 Å². The summed E-state index contributed by atoms with van der Waals surface area (Å²) in [5, 5.41) is 2.86. The van der Waals surface area contributed by atoms with E-state index < -0.39 is 5.97 Å². The van der Waals surface area contributed by atoms with Crippen LogP contribution in [-0.2, 0) is 16.0 Å². The fourth-order valence-electron chi connectivity index (χ4n) is 1.52. The van der Waals surface area contributed by atoms with Crippen molar-refractivity contribution in [2.24, 2.45) is 0 Å². The zero-order chi connectivity index (χ0) is 14.8. The Labute approximate surface area is 134 Å². The monoisotopic (exact) mass is 322 g/mol. The van der Waals surface area contributed by atoms with Crippen molar-refractivity contribution in [2.45, 2.75) is 12.8 Å². The SMILES string of the molecule is O=C(OCC=S)C(=CCc1ccccc1)C(=S)CC=S. The highest BCUT2D eigenvalue weighted by molar-refractivity contribution is 7.81. The van der Waals surface area contributed by atoms with Crippen LogP contribution < -0.4 is 0 Å². The van der Waals surface area contributed by atoms with Crippen molar-refractivity contribution >= 4 is 58.2 Å². The fourth-order valence-corrected chi connectivity index (χ4v) is 2.11. The van der Waals surface area contributed by atoms with Gasteiger partial charge in [-0.2, -0.15) is 0 Å². The minimum absolute atomic E-state index is 0.0943. The maximum Gasteiger partial charge on any atom is 0.339 e. The lowest BCUT2D eigenvalue weighted by Gasteiger charge is -2.07. The fraction of sp³-hybridized carbons (Fsp3) is 0.200. The Balaban J connectivity index is 2.85. The van der Waals surface area contributed by atoms with E-state index in [2.05, 4.69) is 12.2 Å². The topological polar surface area (TPSA) is 26.3 Å². The molecule has 20 heavy (non-hydrogen) atoms. The van der Waals surface area contributed by atoms with Gasteiger partial charge in [-0.15, -0.1) is 0 Å². The molecule has 0 unspecified atom stereocenters. The number of rotatable bonds is 8. The van der Waals surface area contributed by atoms with Crippen molar-refractivity contribution in [1.82, 2.24) is 0 Å². The van der Waals surface area contributed by atoms with Crippen molar-refractivity contribution in [3.05, 3.63) is 47.5 Å². The highest BCUT2D eigenvalue weighted by Gasteiger charge is 2.14. The quantitative estimate of drug-likeness (QED) is 0.415. The van der Waals surface area contributed by atoms with E-state index in [0.29, 0.717) is 23.3 Å². The number of carbonyl (C=O) groups excluding carboxylic acids is 1. The van der Waals surface area contributed by atoms with Crippen LogP contribution in [-0.4, -0.2) is 28.2 Å². The molecular weight excluding hydrogens is 308 g/mol. The largest absolute Gasteiger partial charge is 0.457 e. The molecule has 0 saturated heterocycles. The lowest BCUT2D eigenvalue weighted by molar-refractivity contribution is -0.136. The lowest BCUT2D eigenvalue weighted by atomic mass is 10.1. The molecule has 0 aliphatic carbocycles. The molecule has 0 N–H and O–H groups in total. The Kier molecular flexibility index (Phi) is 8.02. The van der Waals surface area contributed by atoms with E-state index in [0.717, 1.165) is 5.56 Å². The Morgan fingerprint density at radius 2 is 1.85 bits per heavy atom. The smallest absolute Gasteiger partial charge is 0.339 e. The van der Waals surface area contributed by atoms with Gasteiger partial charge in [-0.05, 0) is 17.4 Å². The van der Waals surface area contributed by atoms with Crippen molar-refractivity contribution in [1.29, 1.82) is 0 Å². The summed E-state index contributed by atoms with van der Waals surface area (Å²) < 4.78 is 5.01. The van der Waals surface area contributed by atoms with E-state index in [9.17, 15) is 4.79 Å². The van der Waals surface area contributed by atoms with Gasteiger partial charge in [0.05, 0.1) is 5.57 Å². The first kappa shape index (κ1) is 16.8. The van der Waals surface area contributed by atoms with Gasteiger partial charge in [0.15, 0.2) is 0 Å². The molecule has 0 aromatic heterocycles. The molecule has 2 nitrogen and oxygen atoms in total. The van der Waals surface area contributed by atoms with E-state index in [-0.39, 0.29) is 6.61 Å². The number of ether oxygens (including phenoxy) is 1. The zero-order valence-electron chi connectivity index (χ0n) is 10.8. The molecule has 1 rings (SSSR count). The molecule has 0 atom stereocenters. The molecule has 0 spiro atoms. The van der Waals surface area contributed by atoms with Gasteiger partial charge in [0.25, 0.3) is 0 Å². The Morgan fingerprint density at radius 3 is 2.45 bits per heavy atom. The van der Waals surface area contributed by atoms with E-state index >= 15 is 0 Å². The number of benzene rings is 1. The first-order valence-corrected chi connectivity index (χ1v) is 7.35. The maximum atomic E-state index is 11.9. The summed E-state index contributed by atoms with van der Waals surface area (Å²) in [4.78, 5) is 12.4. The number of carbonyl (C=O) groups is 1. The minimum atomic E-state index is -0.455. The highest BCUT2D eigenvalue weighted by Crippen LogP contribution is 2.09. The van der Waals surface area contributed by atoms with Crippen molar-refractivity contribution in [3.63, 3.8) is 0 Å². The van der Waals surface area contributed by atoms with Crippen molar-refractivity contribution in [2.75, 3.05) is 6.61 Å². The van der Waals surface area contributed by atoms with Crippen molar-refractivity contribution < 1.29 is 9.53 Å². The summed E-state index contributed by atoms with van der Waals surface area (Å²) in [5.74, 6) is -0.455. The average Bonchev–Trinajstić information content (AvgIpc) is 2.46. The molecule has 0 aliphatic rings. The molecule has 0 radical (unpaired) electrons. The van der Waals surface area contributed by atoms with Crippen LogP contribution in [0.2, 0.25) is 0 Å². The second-order valence-electron chi connectivity index (χ2n) is 3.87. The number of allylic oxidation sites excluding steroid dienone is 1. The van der Waals surface area contributed by atoms with Crippen LogP contribution in [0.25, 0.3) is 0 Å². The molecule has 0 amide bonds. The second-order valence-corrected chi connectivity index (χ2v) is 5.03. The van der Waals surface area contributed by atoms with Gasteiger partial charge < -0.3 is 4.74 Å². The molecule has 0 aliphatic heterocycles. The van der Waals surface area contributed by atoms with Gasteiger partial charge >= 0.3 is 5.97 Å². The standard InChI is InChI=1S/C15H14O2S3/c16-15(17-9-11-19)13(14(20)8-10-18)7-6-12-4-2-1-3-5-12/h1-5,7,10-11H,6,8-9H2. The number of thiocarbonyl (C=S) groups is 3. The first-order chi connectivity index (χ1) is 9.69. The number of hydrogen-bond donors (Lipinski definition) is 0.